The van der Waals surface area contributed by atoms with Gasteiger partial charge in [-0.3, -0.25) is 0 Å². The highest BCUT2D eigenvalue weighted by Crippen LogP contribution is 2.23. The van der Waals surface area contributed by atoms with E-state index in [0.717, 1.165) is 11.3 Å². The number of rotatable bonds is 6. The molecule has 5 heteroatoms. The van der Waals surface area contributed by atoms with Gasteiger partial charge in [-0.15, -0.1) is 11.3 Å². The zero-order valence-electron chi connectivity index (χ0n) is 13.2. The summed E-state index contributed by atoms with van der Waals surface area (Å²) in [5.74, 6) is 0.828. The minimum Gasteiger partial charge on any atom is -0.494 e. The molecular formula is C17H22N2O2S. The third kappa shape index (κ3) is 4.24. The third-order valence-electron chi connectivity index (χ3n) is 3.51. The van der Waals surface area contributed by atoms with Gasteiger partial charge in [0.05, 0.1) is 12.6 Å². The van der Waals surface area contributed by atoms with Crippen molar-refractivity contribution >= 4 is 17.4 Å². The van der Waals surface area contributed by atoms with Crippen LogP contribution in [-0.4, -0.2) is 24.6 Å². The highest BCUT2D eigenvalue weighted by atomic mass is 32.1. The lowest BCUT2D eigenvalue weighted by Crippen LogP contribution is -2.38. The van der Waals surface area contributed by atoms with Gasteiger partial charge in [0.15, 0.2) is 0 Å². The lowest BCUT2D eigenvalue weighted by molar-refractivity contribution is 0.194. The molecule has 0 aliphatic heterocycles. The smallest absolute Gasteiger partial charge is 0.317 e. The SMILES string of the molecule is CCOc1cccc(CNC(=O)N(C)C(C)c2cccs2)c1. The van der Waals surface area contributed by atoms with Gasteiger partial charge in [-0.05, 0) is 43.0 Å². The number of hydrogen-bond acceptors (Lipinski definition) is 3. The molecule has 0 bridgehead atoms. The highest BCUT2D eigenvalue weighted by Gasteiger charge is 2.17. The average molecular weight is 318 g/mol. The summed E-state index contributed by atoms with van der Waals surface area (Å²) in [5, 5.41) is 4.97. The zero-order chi connectivity index (χ0) is 15.9. The average Bonchev–Trinajstić information content (AvgIpc) is 3.06. The number of carbonyl (C=O) groups is 1. The third-order valence-corrected chi connectivity index (χ3v) is 4.55. The summed E-state index contributed by atoms with van der Waals surface area (Å²) in [7, 11) is 1.82. The largest absolute Gasteiger partial charge is 0.494 e. The van der Waals surface area contributed by atoms with Crippen LogP contribution >= 0.6 is 11.3 Å². The molecule has 0 spiro atoms. The van der Waals surface area contributed by atoms with Gasteiger partial charge in [0, 0.05) is 18.5 Å². The van der Waals surface area contributed by atoms with E-state index < -0.39 is 0 Å². The van der Waals surface area contributed by atoms with E-state index in [-0.39, 0.29) is 12.1 Å². The predicted molar refractivity (Wildman–Crippen MR) is 90.3 cm³/mol. The first kappa shape index (κ1) is 16.4. The van der Waals surface area contributed by atoms with E-state index in [9.17, 15) is 4.79 Å². The molecule has 0 aliphatic rings. The van der Waals surface area contributed by atoms with Crippen LogP contribution in [0.4, 0.5) is 4.79 Å². The summed E-state index contributed by atoms with van der Waals surface area (Å²) >= 11 is 1.66. The van der Waals surface area contributed by atoms with Crippen molar-refractivity contribution < 1.29 is 9.53 Å². The second-order valence-electron chi connectivity index (χ2n) is 5.04. The van der Waals surface area contributed by atoms with E-state index in [1.54, 1.807) is 16.2 Å². The van der Waals surface area contributed by atoms with Gasteiger partial charge in [-0.1, -0.05) is 18.2 Å². The molecule has 0 radical (unpaired) electrons. The fourth-order valence-electron chi connectivity index (χ4n) is 2.11. The molecule has 1 aromatic carbocycles. The molecular weight excluding hydrogens is 296 g/mol. The van der Waals surface area contributed by atoms with Gasteiger partial charge in [0.1, 0.15) is 5.75 Å². The summed E-state index contributed by atoms with van der Waals surface area (Å²) < 4.78 is 5.47. The van der Waals surface area contributed by atoms with Gasteiger partial charge in [-0.25, -0.2) is 4.79 Å². The molecule has 1 aromatic heterocycles. The Labute approximate surface area is 135 Å². The number of nitrogens with one attached hydrogen (secondary N) is 1. The van der Waals surface area contributed by atoms with Gasteiger partial charge in [-0.2, -0.15) is 0 Å². The minimum atomic E-state index is -0.0808. The summed E-state index contributed by atoms with van der Waals surface area (Å²) in [5.41, 5.74) is 1.02. The first-order chi connectivity index (χ1) is 10.6. The first-order valence-corrected chi connectivity index (χ1v) is 8.25. The molecule has 1 atom stereocenters. The molecule has 1 unspecified atom stereocenters. The number of hydrogen-bond donors (Lipinski definition) is 1. The van der Waals surface area contributed by atoms with Gasteiger partial charge >= 0.3 is 6.03 Å². The molecule has 0 aliphatic carbocycles. The molecule has 1 heterocycles. The Morgan fingerprint density at radius 2 is 2.18 bits per heavy atom. The Balaban J connectivity index is 1.90. The van der Waals surface area contributed by atoms with Gasteiger partial charge in [0.2, 0.25) is 0 Å². The molecule has 4 nitrogen and oxygen atoms in total. The van der Waals surface area contributed by atoms with Crippen LogP contribution in [-0.2, 0) is 6.54 Å². The number of amides is 2. The van der Waals surface area contributed by atoms with Gasteiger partial charge < -0.3 is 15.0 Å². The fraction of sp³-hybridized carbons (Fsp3) is 0.353. The Kier molecular flexibility index (Phi) is 5.83. The van der Waals surface area contributed by atoms with Crippen LogP contribution < -0.4 is 10.1 Å². The molecule has 2 aromatic rings. The fourth-order valence-corrected chi connectivity index (χ4v) is 2.94. The van der Waals surface area contributed by atoms with Crippen LogP contribution in [0.25, 0.3) is 0 Å². The second kappa shape index (κ2) is 7.84. The zero-order valence-corrected chi connectivity index (χ0v) is 14.0. The standard InChI is InChI=1S/C17H22N2O2S/c1-4-21-15-8-5-7-14(11-15)12-18-17(20)19(3)13(2)16-9-6-10-22-16/h5-11,13H,4,12H2,1-3H3,(H,18,20). The van der Waals surface area contributed by atoms with Crippen molar-refractivity contribution in [2.24, 2.45) is 0 Å². The van der Waals surface area contributed by atoms with E-state index in [0.29, 0.717) is 13.2 Å². The van der Waals surface area contributed by atoms with Crippen LogP contribution in [0, 0.1) is 0 Å². The highest BCUT2D eigenvalue weighted by molar-refractivity contribution is 7.10. The van der Waals surface area contributed by atoms with E-state index in [4.69, 9.17) is 4.74 Å². The van der Waals surface area contributed by atoms with Crippen molar-refractivity contribution in [3.63, 3.8) is 0 Å². The molecule has 2 rings (SSSR count). The van der Waals surface area contributed by atoms with Crippen LogP contribution in [0.5, 0.6) is 5.75 Å². The molecule has 2 amide bonds. The van der Waals surface area contributed by atoms with E-state index in [1.807, 2.05) is 62.7 Å². The Bertz CT molecular complexity index is 598. The van der Waals surface area contributed by atoms with Crippen molar-refractivity contribution in [2.75, 3.05) is 13.7 Å². The topological polar surface area (TPSA) is 41.6 Å². The number of nitrogens with zero attached hydrogens (tertiary/aromatic N) is 1. The Morgan fingerprint density at radius 1 is 1.36 bits per heavy atom. The van der Waals surface area contributed by atoms with E-state index >= 15 is 0 Å². The summed E-state index contributed by atoms with van der Waals surface area (Å²) in [4.78, 5) is 15.1. The maximum absolute atomic E-state index is 12.3. The molecule has 118 valence electrons. The maximum Gasteiger partial charge on any atom is 0.317 e. The summed E-state index contributed by atoms with van der Waals surface area (Å²) in [6.45, 7) is 5.11. The van der Waals surface area contributed by atoms with Crippen molar-refractivity contribution in [3.05, 3.63) is 52.2 Å². The monoisotopic (exact) mass is 318 g/mol. The summed E-state index contributed by atoms with van der Waals surface area (Å²) in [6.07, 6.45) is 0. The minimum absolute atomic E-state index is 0.0646. The van der Waals surface area contributed by atoms with Crippen molar-refractivity contribution in [2.45, 2.75) is 26.4 Å². The van der Waals surface area contributed by atoms with E-state index in [1.165, 1.54) is 4.88 Å². The molecule has 0 saturated heterocycles. The van der Waals surface area contributed by atoms with Crippen LogP contribution in [0.2, 0.25) is 0 Å². The Morgan fingerprint density at radius 3 is 2.86 bits per heavy atom. The quantitative estimate of drug-likeness (QED) is 0.873. The van der Waals surface area contributed by atoms with Crippen LogP contribution in [0.3, 0.4) is 0 Å². The normalized spacial score (nSPS) is 11.8. The second-order valence-corrected chi connectivity index (χ2v) is 6.02. The number of carbonyl (C=O) groups excluding carboxylic acids is 1. The summed E-state index contributed by atoms with van der Waals surface area (Å²) in [6, 6.07) is 11.8. The first-order valence-electron chi connectivity index (χ1n) is 7.37. The van der Waals surface area contributed by atoms with Crippen molar-refractivity contribution in [1.29, 1.82) is 0 Å². The lowest BCUT2D eigenvalue weighted by Gasteiger charge is -2.24. The lowest BCUT2D eigenvalue weighted by atomic mass is 10.2. The van der Waals surface area contributed by atoms with Crippen molar-refractivity contribution in [3.8, 4) is 5.75 Å². The van der Waals surface area contributed by atoms with Crippen molar-refractivity contribution in [1.82, 2.24) is 10.2 Å². The Hall–Kier alpha value is -2.01. The number of thiophene rings is 1. The molecule has 0 saturated carbocycles. The molecule has 0 fully saturated rings. The number of ether oxygens (including phenoxy) is 1. The van der Waals surface area contributed by atoms with Gasteiger partial charge in [0.25, 0.3) is 0 Å². The van der Waals surface area contributed by atoms with Crippen LogP contribution in [0.1, 0.15) is 30.3 Å². The number of benzene rings is 1. The van der Waals surface area contributed by atoms with Crippen LogP contribution in [0.15, 0.2) is 41.8 Å². The predicted octanol–water partition coefficient (Wildman–Crippen LogP) is 4.05. The number of urea groups is 1. The molecule has 22 heavy (non-hydrogen) atoms. The van der Waals surface area contributed by atoms with E-state index in [2.05, 4.69) is 5.32 Å². The molecule has 1 N–H and O–H groups in total. The maximum atomic E-state index is 12.3.